The first kappa shape index (κ1) is 31.9. The molecule has 0 heterocycles. The first-order valence-corrected chi connectivity index (χ1v) is 24.7. The van der Waals surface area contributed by atoms with Gasteiger partial charge in [0, 0.05) is 12.8 Å². The molecule has 8 nitrogen and oxygen atoms in total. The highest BCUT2D eigenvalue weighted by Crippen LogP contribution is 2.00. The van der Waals surface area contributed by atoms with E-state index in [1.165, 1.54) is 0 Å². The predicted molar refractivity (Wildman–Crippen MR) is 140 cm³/mol. The molecule has 4 N–H and O–H groups in total. The van der Waals surface area contributed by atoms with Crippen molar-refractivity contribution in [2.75, 3.05) is 0 Å². The van der Waals surface area contributed by atoms with E-state index < -0.39 is 32.9 Å². The first-order valence-electron chi connectivity index (χ1n) is 10.7. The molecule has 0 rings (SSSR count). The summed E-state index contributed by atoms with van der Waals surface area (Å²) in [4.78, 5) is 57.6. The highest BCUT2D eigenvalue weighted by Gasteiger charge is 2.22. The van der Waals surface area contributed by atoms with Crippen molar-refractivity contribution in [1.29, 1.82) is 0 Å². The van der Waals surface area contributed by atoms with Crippen LogP contribution in [0.15, 0.2) is 0 Å². The Morgan fingerprint density at radius 3 is 0.806 bits per heavy atom. The molecule has 0 aliphatic heterocycles. The topological polar surface area (TPSA) is 116 Å². The Morgan fingerprint density at radius 1 is 0.419 bits per heavy atom. The van der Waals surface area contributed by atoms with E-state index in [-0.39, 0.29) is 30.0 Å². The lowest BCUT2D eigenvalue weighted by Crippen LogP contribution is -2.50. The Balaban J connectivity index is 0. The Morgan fingerprint density at radius 2 is 0.613 bits per heavy atom. The van der Waals surface area contributed by atoms with Gasteiger partial charge in [-0.1, -0.05) is 78.6 Å². The van der Waals surface area contributed by atoms with Gasteiger partial charge in [0.05, 0.1) is 0 Å². The average Bonchev–Trinajstić information content (AvgIpc) is 2.37. The Labute approximate surface area is 193 Å². The molecule has 0 spiro atoms. The summed E-state index contributed by atoms with van der Waals surface area (Å²) in [6, 6.07) is 0. The van der Waals surface area contributed by atoms with Crippen LogP contribution in [0.3, 0.4) is 0 Å². The maximum Gasteiger partial charge on any atom is 0.221 e. The normalized spacial score (nSPS) is 12.1. The maximum atomic E-state index is 11.5. The molecular weight excluding hydrogens is 461 g/mol. The zero-order valence-corrected chi connectivity index (χ0v) is 25.8. The molecule has 0 fully saturated rings. The van der Waals surface area contributed by atoms with Gasteiger partial charge in [-0.2, -0.15) is 0 Å². The van der Waals surface area contributed by atoms with E-state index in [2.05, 4.69) is 59.2 Å². The summed E-state index contributed by atoms with van der Waals surface area (Å²) in [5.41, 5.74) is 0. The number of nitrogens with one attached hydrogen (secondary N) is 4. The van der Waals surface area contributed by atoms with Crippen molar-refractivity contribution in [3.8, 4) is 0 Å². The van der Waals surface area contributed by atoms with E-state index in [0.29, 0.717) is 12.8 Å². The molecule has 182 valence electrons. The fourth-order valence-corrected chi connectivity index (χ4v) is 6.03. The number of carbonyl (C=O) groups excluding carboxylic acids is 4. The van der Waals surface area contributed by atoms with Gasteiger partial charge in [0.2, 0.25) is 23.6 Å². The second kappa shape index (κ2) is 12.7. The lowest BCUT2D eigenvalue weighted by atomic mass is 10.3. The molecule has 31 heavy (non-hydrogen) atoms. The minimum absolute atomic E-state index is 0.00936. The molecule has 0 saturated heterocycles. The number of hydrogen-bond acceptors (Lipinski definition) is 4. The molecule has 0 unspecified atom stereocenters. The molecule has 0 aromatic rings. The summed E-state index contributed by atoms with van der Waals surface area (Å²) in [5, 5.41) is 0. The van der Waals surface area contributed by atoms with Crippen molar-refractivity contribution in [2.24, 2.45) is 0 Å². The third-order valence-electron chi connectivity index (χ3n) is 2.96. The van der Waals surface area contributed by atoms with Crippen LogP contribution in [0, 0.1) is 0 Å². The van der Waals surface area contributed by atoms with Gasteiger partial charge in [-0.05, 0) is 0 Å². The van der Waals surface area contributed by atoms with Crippen molar-refractivity contribution >= 4 is 56.6 Å². The van der Waals surface area contributed by atoms with Gasteiger partial charge in [0.15, 0.2) is 0 Å². The van der Waals surface area contributed by atoms with Gasteiger partial charge >= 0.3 is 0 Å². The third kappa shape index (κ3) is 26.7. The van der Waals surface area contributed by atoms with Crippen molar-refractivity contribution in [1.82, 2.24) is 19.9 Å². The number of hydrogen-bond donors (Lipinski definition) is 4. The van der Waals surface area contributed by atoms with E-state index in [4.69, 9.17) is 0 Å². The summed E-state index contributed by atoms with van der Waals surface area (Å²) < 4.78 is 0. The molecule has 0 aromatic heterocycles. The van der Waals surface area contributed by atoms with Gasteiger partial charge in [0.25, 0.3) is 0 Å². The minimum Gasteiger partial charge on any atom is -0.382 e. The van der Waals surface area contributed by atoms with Crippen LogP contribution in [0.1, 0.15) is 19.3 Å². The smallest absolute Gasteiger partial charge is 0.221 e. The van der Waals surface area contributed by atoms with Crippen LogP contribution in [0.25, 0.3) is 0 Å². The largest absolute Gasteiger partial charge is 0.382 e. The second-order valence-corrected chi connectivity index (χ2v) is 30.9. The molecule has 0 radical (unpaired) electrons. The zero-order valence-electron chi connectivity index (χ0n) is 21.8. The Bertz CT molecular complexity index is 577. The number of carbonyl (C=O) groups is 4. The molecule has 0 bridgehead atoms. The molecule has 0 aliphatic rings. The molecule has 0 aliphatic carbocycles. The average molecular weight is 507 g/mol. The van der Waals surface area contributed by atoms with Gasteiger partial charge in [-0.25, -0.2) is 0 Å². The van der Waals surface area contributed by atoms with Crippen LogP contribution in [0.5, 0.6) is 0 Å². The Hall–Kier alpha value is -1.25. The third-order valence-corrected chi connectivity index (χ3v) is 7.07. The molecule has 0 saturated carbocycles. The fraction of sp³-hybridized carbons (Fsp3) is 0.789. The molecule has 4 amide bonds. The van der Waals surface area contributed by atoms with E-state index in [1.54, 1.807) is 0 Å². The predicted octanol–water partition coefficient (Wildman–Crippen LogP) is 2.95. The minimum atomic E-state index is -1.61. The first-order chi connectivity index (χ1) is 13.5. The summed E-state index contributed by atoms with van der Waals surface area (Å²) in [6.07, 6.45) is 0.537. The van der Waals surface area contributed by atoms with Crippen molar-refractivity contribution in [3.63, 3.8) is 0 Å². The van der Waals surface area contributed by atoms with Crippen LogP contribution in [0.4, 0.5) is 0 Å². The lowest BCUT2D eigenvalue weighted by Gasteiger charge is -2.20. The van der Waals surface area contributed by atoms with Crippen molar-refractivity contribution in [2.45, 2.75) is 97.8 Å². The van der Waals surface area contributed by atoms with E-state index in [0.717, 1.165) is 0 Å². The fourth-order valence-electron chi connectivity index (χ4n) is 2.26. The highest BCUT2D eigenvalue weighted by molar-refractivity contribution is 6.77. The monoisotopic (exact) mass is 506 g/mol. The highest BCUT2D eigenvalue weighted by atomic mass is 28.3. The van der Waals surface area contributed by atoms with E-state index >= 15 is 0 Å². The molecular formula is C19H46N4O4Si4. The SMILES string of the molecule is C[Si](C)(C)NC(=O)CC(=O)N[Si](C)(C)C.C[Si](C)(C)NC(=O)CCC(=O)N[Si](C)(C)C. The standard InChI is InChI=1S/C10H24N2O2Si2.C9H22N2O2Si2/c1-15(2,3)11-9(13)7-8-10(14)12-16(4,5)6;1-14(2,3)10-8(12)7-9(13)11-15(4,5)6/h7-8H2,1-6H3,(H,11,13)(H,12,14);7H2,1-6H3,(H,10,12)(H,11,13). The zero-order chi connectivity index (χ0) is 25.3. The van der Waals surface area contributed by atoms with Gasteiger partial charge in [-0.3, -0.25) is 19.2 Å². The number of rotatable bonds is 9. The summed E-state index contributed by atoms with van der Waals surface area (Å²) >= 11 is 0. The molecule has 12 heteroatoms. The Kier molecular flexibility index (Phi) is 13.1. The summed E-state index contributed by atoms with van der Waals surface area (Å²) in [5.74, 6) is -0.343. The molecule has 0 aromatic carbocycles. The van der Waals surface area contributed by atoms with Crippen LogP contribution < -0.4 is 19.9 Å². The quantitative estimate of drug-likeness (QED) is 0.284. The molecule has 0 atom stereocenters. The summed E-state index contributed by atoms with van der Waals surface area (Å²) in [6.45, 7) is 24.5. The van der Waals surface area contributed by atoms with Crippen molar-refractivity contribution in [3.05, 3.63) is 0 Å². The van der Waals surface area contributed by atoms with Crippen molar-refractivity contribution < 1.29 is 19.2 Å². The van der Waals surface area contributed by atoms with Gasteiger partial charge in [0.1, 0.15) is 39.4 Å². The van der Waals surface area contributed by atoms with E-state index in [9.17, 15) is 19.2 Å². The van der Waals surface area contributed by atoms with Crippen LogP contribution in [-0.4, -0.2) is 56.6 Å². The van der Waals surface area contributed by atoms with Gasteiger partial charge < -0.3 is 19.9 Å². The van der Waals surface area contributed by atoms with Crippen LogP contribution in [-0.2, 0) is 19.2 Å². The number of amides is 4. The van der Waals surface area contributed by atoms with E-state index in [1.807, 2.05) is 39.3 Å². The van der Waals surface area contributed by atoms with Crippen LogP contribution >= 0.6 is 0 Å². The second-order valence-electron chi connectivity index (χ2n) is 11.9. The lowest BCUT2D eigenvalue weighted by molar-refractivity contribution is -0.127. The van der Waals surface area contributed by atoms with Crippen LogP contribution in [0.2, 0.25) is 78.6 Å². The maximum absolute atomic E-state index is 11.5. The van der Waals surface area contributed by atoms with Gasteiger partial charge in [-0.15, -0.1) is 0 Å². The summed E-state index contributed by atoms with van der Waals surface area (Å²) in [7, 11) is -6.35.